The first-order valence-corrected chi connectivity index (χ1v) is 6.95. The number of hydrogen-bond acceptors (Lipinski definition) is 6. The lowest BCUT2D eigenvalue weighted by Gasteiger charge is -2.17. The highest BCUT2D eigenvalue weighted by Crippen LogP contribution is 2.26. The minimum atomic E-state index is -0.0618. The SMILES string of the molecule is COc1ccccc1OC(C)CNc1ncnc2[nH]ncc12. The van der Waals surface area contributed by atoms with Crippen LogP contribution in [0.25, 0.3) is 11.0 Å². The number of nitrogens with zero attached hydrogens (tertiary/aromatic N) is 3. The van der Waals surface area contributed by atoms with Crippen molar-refractivity contribution in [2.45, 2.75) is 13.0 Å². The fourth-order valence-electron chi connectivity index (χ4n) is 2.12. The van der Waals surface area contributed by atoms with Gasteiger partial charge in [-0.15, -0.1) is 0 Å². The summed E-state index contributed by atoms with van der Waals surface area (Å²) in [7, 11) is 1.63. The molecule has 114 valence electrons. The summed E-state index contributed by atoms with van der Waals surface area (Å²) in [5.41, 5.74) is 0.704. The van der Waals surface area contributed by atoms with E-state index in [2.05, 4.69) is 25.5 Å². The summed E-state index contributed by atoms with van der Waals surface area (Å²) in [6.45, 7) is 2.57. The number of aromatic amines is 1. The standard InChI is InChI=1S/C15H17N5O2/c1-10(22-13-6-4-3-5-12(13)21-2)7-16-14-11-8-19-20-15(11)18-9-17-14/h3-6,8-10H,7H2,1-2H3,(H2,16,17,18,19,20). The largest absolute Gasteiger partial charge is 0.493 e. The van der Waals surface area contributed by atoms with Gasteiger partial charge >= 0.3 is 0 Å². The Labute approximate surface area is 127 Å². The van der Waals surface area contributed by atoms with Gasteiger partial charge in [0, 0.05) is 0 Å². The molecule has 0 aliphatic carbocycles. The number of benzene rings is 1. The zero-order valence-corrected chi connectivity index (χ0v) is 12.4. The molecule has 0 bridgehead atoms. The Kier molecular flexibility index (Phi) is 4.04. The van der Waals surface area contributed by atoms with E-state index in [1.54, 1.807) is 13.3 Å². The second-order valence-electron chi connectivity index (χ2n) is 4.81. The molecule has 3 rings (SSSR count). The van der Waals surface area contributed by atoms with E-state index in [0.29, 0.717) is 17.9 Å². The highest BCUT2D eigenvalue weighted by molar-refractivity contribution is 5.85. The van der Waals surface area contributed by atoms with Crippen LogP contribution in [0.15, 0.2) is 36.8 Å². The number of methoxy groups -OCH3 is 1. The molecule has 0 fully saturated rings. The Morgan fingerprint density at radius 1 is 1.23 bits per heavy atom. The van der Waals surface area contributed by atoms with Crippen LogP contribution in [0.2, 0.25) is 0 Å². The van der Waals surface area contributed by atoms with Crippen molar-refractivity contribution < 1.29 is 9.47 Å². The van der Waals surface area contributed by atoms with Gasteiger partial charge in [-0.3, -0.25) is 5.10 Å². The lowest BCUT2D eigenvalue weighted by atomic mass is 10.3. The van der Waals surface area contributed by atoms with Crippen LogP contribution in [0.1, 0.15) is 6.92 Å². The Morgan fingerprint density at radius 2 is 2.05 bits per heavy atom. The zero-order valence-electron chi connectivity index (χ0n) is 12.4. The molecule has 7 nitrogen and oxygen atoms in total. The smallest absolute Gasteiger partial charge is 0.161 e. The summed E-state index contributed by atoms with van der Waals surface area (Å²) in [6, 6.07) is 7.58. The highest BCUT2D eigenvalue weighted by Gasteiger charge is 2.10. The van der Waals surface area contributed by atoms with Gasteiger partial charge in [-0.1, -0.05) is 12.1 Å². The molecule has 1 unspecified atom stereocenters. The molecule has 0 saturated carbocycles. The third-order valence-corrected chi connectivity index (χ3v) is 3.20. The molecule has 1 atom stereocenters. The van der Waals surface area contributed by atoms with E-state index in [-0.39, 0.29) is 6.10 Å². The Bertz CT molecular complexity index is 758. The maximum Gasteiger partial charge on any atom is 0.161 e. The molecular formula is C15H17N5O2. The lowest BCUT2D eigenvalue weighted by Crippen LogP contribution is -2.23. The summed E-state index contributed by atoms with van der Waals surface area (Å²) >= 11 is 0. The molecule has 2 aromatic heterocycles. The minimum Gasteiger partial charge on any atom is -0.493 e. The van der Waals surface area contributed by atoms with Gasteiger partial charge in [0.2, 0.25) is 0 Å². The van der Waals surface area contributed by atoms with Gasteiger partial charge in [0.1, 0.15) is 18.2 Å². The third kappa shape index (κ3) is 2.93. The number of nitrogens with one attached hydrogen (secondary N) is 2. The fraction of sp³-hybridized carbons (Fsp3) is 0.267. The highest BCUT2D eigenvalue weighted by atomic mass is 16.5. The van der Waals surface area contributed by atoms with Crippen LogP contribution in [0, 0.1) is 0 Å². The molecule has 0 amide bonds. The maximum atomic E-state index is 5.90. The van der Waals surface area contributed by atoms with Crippen LogP contribution in [0.5, 0.6) is 11.5 Å². The van der Waals surface area contributed by atoms with E-state index in [0.717, 1.165) is 17.0 Å². The van der Waals surface area contributed by atoms with E-state index >= 15 is 0 Å². The average Bonchev–Trinajstić information content (AvgIpc) is 3.02. The average molecular weight is 299 g/mol. The van der Waals surface area contributed by atoms with Crippen LogP contribution >= 0.6 is 0 Å². The van der Waals surface area contributed by atoms with Gasteiger partial charge in [0.05, 0.1) is 25.2 Å². The number of H-pyrrole nitrogens is 1. The van der Waals surface area contributed by atoms with Gasteiger partial charge in [-0.05, 0) is 19.1 Å². The monoisotopic (exact) mass is 299 g/mol. The molecule has 7 heteroatoms. The van der Waals surface area contributed by atoms with Crippen molar-refractivity contribution in [3.8, 4) is 11.5 Å². The van der Waals surface area contributed by atoms with Gasteiger partial charge in [0.15, 0.2) is 17.1 Å². The van der Waals surface area contributed by atoms with Crippen LogP contribution < -0.4 is 14.8 Å². The van der Waals surface area contributed by atoms with E-state index < -0.39 is 0 Å². The molecule has 2 N–H and O–H groups in total. The normalized spacial score (nSPS) is 12.1. The topological polar surface area (TPSA) is 85.0 Å². The van der Waals surface area contributed by atoms with Crippen molar-refractivity contribution >= 4 is 16.9 Å². The van der Waals surface area contributed by atoms with Crippen LogP contribution in [-0.4, -0.2) is 39.9 Å². The lowest BCUT2D eigenvalue weighted by molar-refractivity contribution is 0.223. The number of fused-ring (bicyclic) bond motifs is 1. The molecule has 2 heterocycles. The molecule has 0 spiro atoms. The first-order valence-electron chi connectivity index (χ1n) is 6.95. The van der Waals surface area contributed by atoms with Crippen molar-refractivity contribution in [2.24, 2.45) is 0 Å². The summed E-state index contributed by atoms with van der Waals surface area (Å²) in [4.78, 5) is 8.33. The number of rotatable bonds is 6. The number of anilines is 1. The summed E-state index contributed by atoms with van der Waals surface area (Å²) < 4.78 is 11.2. The van der Waals surface area contributed by atoms with Crippen molar-refractivity contribution in [1.82, 2.24) is 20.2 Å². The van der Waals surface area contributed by atoms with E-state index in [1.165, 1.54) is 6.33 Å². The molecular weight excluding hydrogens is 282 g/mol. The van der Waals surface area contributed by atoms with Crippen molar-refractivity contribution in [3.63, 3.8) is 0 Å². The molecule has 3 aromatic rings. The Morgan fingerprint density at radius 3 is 2.86 bits per heavy atom. The van der Waals surface area contributed by atoms with Crippen molar-refractivity contribution in [2.75, 3.05) is 19.0 Å². The molecule has 22 heavy (non-hydrogen) atoms. The number of para-hydroxylation sites is 2. The van der Waals surface area contributed by atoms with Gasteiger partial charge in [0.25, 0.3) is 0 Å². The van der Waals surface area contributed by atoms with E-state index in [4.69, 9.17) is 9.47 Å². The van der Waals surface area contributed by atoms with E-state index in [9.17, 15) is 0 Å². The molecule has 1 aromatic carbocycles. The second-order valence-corrected chi connectivity index (χ2v) is 4.81. The van der Waals surface area contributed by atoms with Crippen LogP contribution in [-0.2, 0) is 0 Å². The van der Waals surface area contributed by atoms with Crippen LogP contribution in [0.4, 0.5) is 5.82 Å². The predicted molar refractivity (Wildman–Crippen MR) is 83.3 cm³/mol. The molecule has 0 saturated heterocycles. The molecule has 0 aliphatic rings. The summed E-state index contributed by atoms with van der Waals surface area (Å²) in [5, 5.41) is 10.9. The minimum absolute atomic E-state index is 0.0618. The van der Waals surface area contributed by atoms with Crippen molar-refractivity contribution in [3.05, 3.63) is 36.8 Å². The fourth-order valence-corrected chi connectivity index (χ4v) is 2.12. The maximum absolute atomic E-state index is 5.90. The third-order valence-electron chi connectivity index (χ3n) is 3.20. The quantitative estimate of drug-likeness (QED) is 0.726. The number of ether oxygens (including phenoxy) is 2. The van der Waals surface area contributed by atoms with Crippen LogP contribution in [0.3, 0.4) is 0 Å². The van der Waals surface area contributed by atoms with Gasteiger partial charge in [-0.2, -0.15) is 5.10 Å². The first-order chi connectivity index (χ1) is 10.8. The Hall–Kier alpha value is -2.83. The second kappa shape index (κ2) is 6.30. The van der Waals surface area contributed by atoms with Gasteiger partial charge in [-0.25, -0.2) is 9.97 Å². The predicted octanol–water partition coefficient (Wildman–Crippen LogP) is 2.24. The summed E-state index contributed by atoms with van der Waals surface area (Å²) in [5.74, 6) is 2.17. The molecule has 0 radical (unpaired) electrons. The first kappa shape index (κ1) is 14.1. The summed E-state index contributed by atoms with van der Waals surface area (Å²) in [6.07, 6.45) is 3.13. The van der Waals surface area contributed by atoms with E-state index in [1.807, 2.05) is 31.2 Å². The number of hydrogen-bond donors (Lipinski definition) is 2. The molecule has 0 aliphatic heterocycles. The van der Waals surface area contributed by atoms with Crippen molar-refractivity contribution in [1.29, 1.82) is 0 Å². The van der Waals surface area contributed by atoms with Gasteiger partial charge < -0.3 is 14.8 Å². The Balaban J connectivity index is 1.65. The number of aromatic nitrogens is 4. The zero-order chi connectivity index (χ0) is 15.4.